The first-order valence-corrected chi connectivity index (χ1v) is 9.74. The summed E-state index contributed by atoms with van der Waals surface area (Å²) < 4.78 is 1.31. The number of hydrogen-bond acceptors (Lipinski definition) is 5. The smallest absolute Gasteiger partial charge is 0.278 e. The van der Waals surface area contributed by atoms with Crippen molar-refractivity contribution in [3.05, 3.63) is 75.5 Å². The number of thiazole rings is 1. The monoisotopic (exact) mass is 390 g/mol. The molecule has 1 amide bonds. The van der Waals surface area contributed by atoms with Gasteiger partial charge in [-0.2, -0.15) is 5.10 Å². The molecule has 0 radical (unpaired) electrons. The fourth-order valence-electron chi connectivity index (χ4n) is 3.09. The summed E-state index contributed by atoms with van der Waals surface area (Å²) in [5.74, 6) is -0.383. The normalized spacial score (nSPS) is 10.9. The largest absolute Gasteiger partial charge is 0.296 e. The number of nitrogens with one attached hydrogen (secondary N) is 1. The molecule has 7 heteroatoms. The van der Waals surface area contributed by atoms with E-state index in [0.717, 1.165) is 16.1 Å². The van der Waals surface area contributed by atoms with E-state index in [0.29, 0.717) is 22.4 Å². The standard InChI is InChI=1S/C21H18N4O2S/c1-3-25-20(27)16-12-8-7-11-15(16)18(24-25)19(26)23-21-22-17(13(2)28-21)14-9-5-4-6-10-14/h4-12H,3H2,1-2H3,(H,22,23,26). The molecule has 0 aliphatic rings. The summed E-state index contributed by atoms with van der Waals surface area (Å²) in [4.78, 5) is 31.0. The van der Waals surface area contributed by atoms with Gasteiger partial charge >= 0.3 is 0 Å². The van der Waals surface area contributed by atoms with Gasteiger partial charge < -0.3 is 0 Å². The van der Waals surface area contributed by atoms with Crippen LogP contribution in [-0.2, 0) is 6.54 Å². The number of rotatable bonds is 4. The predicted molar refractivity (Wildman–Crippen MR) is 112 cm³/mol. The summed E-state index contributed by atoms with van der Waals surface area (Å²) in [5.41, 5.74) is 1.86. The molecule has 0 aliphatic heterocycles. The Balaban J connectivity index is 1.72. The van der Waals surface area contributed by atoms with Crippen LogP contribution < -0.4 is 10.9 Å². The second-order valence-electron chi connectivity index (χ2n) is 6.26. The number of amides is 1. The van der Waals surface area contributed by atoms with Crippen LogP contribution in [0.1, 0.15) is 22.3 Å². The van der Waals surface area contributed by atoms with Crippen molar-refractivity contribution in [2.24, 2.45) is 0 Å². The molecule has 0 spiro atoms. The molecule has 0 fully saturated rings. The number of carbonyl (C=O) groups excluding carboxylic acids is 1. The van der Waals surface area contributed by atoms with Crippen molar-refractivity contribution in [3.8, 4) is 11.3 Å². The van der Waals surface area contributed by atoms with E-state index in [1.807, 2.05) is 44.2 Å². The SMILES string of the molecule is CCn1nc(C(=O)Nc2nc(-c3ccccc3)c(C)s2)c2ccccc2c1=O. The van der Waals surface area contributed by atoms with Crippen LogP contribution in [0, 0.1) is 6.92 Å². The van der Waals surface area contributed by atoms with E-state index >= 15 is 0 Å². The van der Waals surface area contributed by atoms with Gasteiger partial charge in [-0.3, -0.25) is 14.9 Å². The zero-order valence-corrected chi connectivity index (χ0v) is 16.3. The fraction of sp³-hybridized carbons (Fsp3) is 0.143. The lowest BCUT2D eigenvalue weighted by Gasteiger charge is -2.09. The van der Waals surface area contributed by atoms with Crippen LogP contribution in [0.5, 0.6) is 0 Å². The molecule has 0 bridgehead atoms. The highest BCUT2D eigenvalue weighted by molar-refractivity contribution is 7.16. The first-order valence-electron chi connectivity index (χ1n) is 8.92. The first-order chi connectivity index (χ1) is 13.6. The van der Waals surface area contributed by atoms with Gasteiger partial charge in [0.2, 0.25) is 0 Å². The van der Waals surface area contributed by atoms with Crippen molar-refractivity contribution < 1.29 is 4.79 Å². The average molecular weight is 390 g/mol. The minimum atomic E-state index is -0.383. The van der Waals surface area contributed by atoms with Gasteiger partial charge in [0.25, 0.3) is 11.5 Å². The van der Waals surface area contributed by atoms with Gasteiger partial charge in [-0.05, 0) is 19.9 Å². The second-order valence-corrected chi connectivity index (χ2v) is 7.46. The van der Waals surface area contributed by atoms with Crippen LogP contribution in [0.2, 0.25) is 0 Å². The highest BCUT2D eigenvalue weighted by atomic mass is 32.1. The van der Waals surface area contributed by atoms with Crippen molar-refractivity contribution in [2.75, 3.05) is 5.32 Å². The van der Waals surface area contributed by atoms with Gasteiger partial charge in [0, 0.05) is 22.4 Å². The molecule has 0 atom stereocenters. The van der Waals surface area contributed by atoms with Gasteiger partial charge in [0.15, 0.2) is 10.8 Å². The first kappa shape index (κ1) is 18.1. The molecule has 4 aromatic rings. The van der Waals surface area contributed by atoms with Crippen molar-refractivity contribution in [1.82, 2.24) is 14.8 Å². The van der Waals surface area contributed by atoms with E-state index in [9.17, 15) is 9.59 Å². The molecule has 4 rings (SSSR count). The third kappa shape index (κ3) is 3.20. The number of nitrogens with zero attached hydrogens (tertiary/aromatic N) is 3. The van der Waals surface area contributed by atoms with E-state index in [1.54, 1.807) is 24.3 Å². The summed E-state index contributed by atoms with van der Waals surface area (Å²) in [6.45, 7) is 4.18. The Morgan fingerprint density at radius 3 is 2.46 bits per heavy atom. The number of anilines is 1. The Morgan fingerprint density at radius 2 is 1.75 bits per heavy atom. The van der Waals surface area contributed by atoms with Crippen LogP contribution in [0.25, 0.3) is 22.0 Å². The van der Waals surface area contributed by atoms with E-state index in [4.69, 9.17) is 0 Å². The van der Waals surface area contributed by atoms with Crippen molar-refractivity contribution in [2.45, 2.75) is 20.4 Å². The minimum Gasteiger partial charge on any atom is -0.296 e. The Labute approximate surface area is 165 Å². The molecular weight excluding hydrogens is 372 g/mol. The third-order valence-corrected chi connectivity index (χ3v) is 5.33. The number of carbonyl (C=O) groups is 1. The van der Waals surface area contributed by atoms with E-state index in [2.05, 4.69) is 15.4 Å². The van der Waals surface area contributed by atoms with E-state index < -0.39 is 0 Å². The molecule has 0 saturated carbocycles. The molecule has 6 nitrogen and oxygen atoms in total. The molecule has 2 heterocycles. The van der Waals surface area contributed by atoms with Crippen LogP contribution in [0.3, 0.4) is 0 Å². The highest BCUT2D eigenvalue weighted by Crippen LogP contribution is 2.30. The Kier molecular flexibility index (Phi) is 4.75. The molecule has 1 N–H and O–H groups in total. The second kappa shape index (κ2) is 7.36. The Bertz CT molecular complexity index is 1230. The summed E-state index contributed by atoms with van der Waals surface area (Å²) in [6.07, 6.45) is 0. The summed E-state index contributed by atoms with van der Waals surface area (Å²) in [7, 11) is 0. The van der Waals surface area contributed by atoms with Gasteiger partial charge in [-0.1, -0.05) is 48.5 Å². The highest BCUT2D eigenvalue weighted by Gasteiger charge is 2.18. The zero-order valence-electron chi connectivity index (χ0n) is 15.5. The molecule has 0 aliphatic carbocycles. The van der Waals surface area contributed by atoms with Crippen LogP contribution in [-0.4, -0.2) is 20.7 Å². The lowest BCUT2D eigenvalue weighted by molar-refractivity contribution is 0.102. The zero-order chi connectivity index (χ0) is 19.7. The molecular formula is C21H18N4O2S. The molecule has 0 unspecified atom stereocenters. The van der Waals surface area contributed by atoms with Crippen LogP contribution in [0.4, 0.5) is 5.13 Å². The van der Waals surface area contributed by atoms with Crippen molar-refractivity contribution >= 4 is 33.1 Å². The van der Waals surface area contributed by atoms with Crippen LogP contribution >= 0.6 is 11.3 Å². The number of benzene rings is 2. The van der Waals surface area contributed by atoms with E-state index in [1.165, 1.54) is 16.0 Å². The minimum absolute atomic E-state index is 0.203. The number of aryl methyl sites for hydroxylation is 2. The predicted octanol–water partition coefficient (Wildman–Crippen LogP) is 4.10. The molecule has 2 aromatic carbocycles. The molecule has 140 valence electrons. The lowest BCUT2D eigenvalue weighted by atomic mass is 10.1. The maximum Gasteiger partial charge on any atom is 0.278 e. The summed E-state index contributed by atoms with van der Waals surface area (Å²) >= 11 is 1.41. The van der Waals surface area contributed by atoms with Crippen molar-refractivity contribution in [3.63, 3.8) is 0 Å². The van der Waals surface area contributed by atoms with Crippen LogP contribution in [0.15, 0.2) is 59.4 Å². The summed E-state index contributed by atoms with van der Waals surface area (Å²) in [5, 5.41) is 8.63. The van der Waals surface area contributed by atoms with Gasteiger partial charge in [0.05, 0.1) is 11.1 Å². The fourth-order valence-corrected chi connectivity index (χ4v) is 3.92. The average Bonchev–Trinajstić information content (AvgIpc) is 3.09. The molecule has 2 aromatic heterocycles. The van der Waals surface area contributed by atoms with E-state index in [-0.39, 0.29) is 17.2 Å². The number of hydrogen-bond donors (Lipinski definition) is 1. The van der Waals surface area contributed by atoms with Gasteiger partial charge in [-0.15, -0.1) is 11.3 Å². The molecule has 0 saturated heterocycles. The molecule has 28 heavy (non-hydrogen) atoms. The lowest BCUT2D eigenvalue weighted by Crippen LogP contribution is -2.27. The van der Waals surface area contributed by atoms with Crippen molar-refractivity contribution in [1.29, 1.82) is 0 Å². The topological polar surface area (TPSA) is 76.9 Å². The maximum absolute atomic E-state index is 12.9. The summed E-state index contributed by atoms with van der Waals surface area (Å²) in [6, 6.07) is 16.9. The quantitative estimate of drug-likeness (QED) is 0.569. The van der Waals surface area contributed by atoms with Gasteiger partial charge in [0.1, 0.15) is 0 Å². The number of fused-ring (bicyclic) bond motifs is 1. The van der Waals surface area contributed by atoms with Gasteiger partial charge in [-0.25, -0.2) is 9.67 Å². The third-order valence-electron chi connectivity index (χ3n) is 4.45. The number of aromatic nitrogens is 3. The Hall–Kier alpha value is -3.32. The maximum atomic E-state index is 12.9. The Morgan fingerprint density at radius 1 is 1.07 bits per heavy atom.